The van der Waals surface area contributed by atoms with E-state index >= 15 is 0 Å². The Balaban J connectivity index is 0.00000312. The number of hydrogen-bond acceptors (Lipinski definition) is 2. The molecule has 2 atom stereocenters. The van der Waals surface area contributed by atoms with E-state index in [0.29, 0.717) is 18.1 Å². The average Bonchev–Trinajstić information content (AvgIpc) is 2.55. The van der Waals surface area contributed by atoms with Crippen LogP contribution in [0.3, 0.4) is 0 Å². The van der Waals surface area contributed by atoms with Crippen molar-refractivity contribution in [2.45, 2.75) is 31.8 Å². The van der Waals surface area contributed by atoms with Crippen LogP contribution in [0.1, 0.15) is 30.4 Å². The molecule has 0 aliphatic heterocycles. The van der Waals surface area contributed by atoms with Gasteiger partial charge in [-0.3, -0.25) is 0 Å². The maximum absolute atomic E-state index is 13.3. The largest absolute Gasteiger partial charge is 1.00 e. The van der Waals surface area contributed by atoms with E-state index in [4.69, 9.17) is 22.1 Å². The van der Waals surface area contributed by atoms with E-state index in [2.05, 4.69) is 0 Å². The van der Waals surface area contributed by atoms with Gasteiger partial charge in [0.1, 0.15) is 5.82 Å². The SMILES string of the molecule is CCO[C@H](CC([NH-])=O)[C@H](Cc1ccc(Cl)cc1)c1ccc(F)cc1.[K+].[OH3+]. The minimum atomic E-state index is -0.670. The van der Waals surface area contributed by atoms with Gasteiger partial charge < -0.3 is 20.7 Å². The zero-order valence-electron chi connectivity index (χ0n) is 15.0. The predicted molar refractivity (Wildman–Crippen MR) is 98.5 cm³/mol. The van der Waals surface area contributed by atoms with Crippen molar-refractivity contribution in [3.8, 4) is 0 Å². The molecule has 4 N–H and O–H groups in total. The van der Waals surface area contributed by atoms with Crippen molar-refractivity contribution >= 4 is 17.5 Å². The average molecular weight is 407 g/mol. The number of nitrogens with one attached hydrogen (secondary N) is 1. The van der Waals surface area contributed by atoms with Gasteiger partial charge in [0, 0.05) is 24.0 Å². The Labute approximate surface area is 201 Å². The summed E-state index contributed by atoms with van der Waals surface area (Å²) in [6.07, 6.45) is 0.186. The molecule has 0 heterocycles. The van der Waals surface area contributed by atoms with Crippen molar-refractivity contribution in [3.05, 3.63) is 76.2 Å². The summed E-state index contributed by atoms with van der Waals surface area (Å²) in [6, 6.07) is 13.7. The van der Waals surface area contributed by atoms with E-state index < -0.39 is 12.0 Å². The van der Waals surface area contributed by atoms with Crippen LogP contribution in [-0.4, -0.2) is 18.6 Å². The van der Waals surface area contributed by atoms with E-state index in [9.17, 15) is 9.18 Å². The monoisotopic (exact) mass is 406 g/mol. The van der Waals surface area contributed by atoms with E-state index in [1.807, 2.05) is 31.2 Å². The molecule has 26 heavy (non-hydrogen) atoms. The first kappa shape index (κ1) is 25.7. The molecule has 136 valence electrons. The summed E-state index contributed by atoms with van der Waals surface area (Å²) >= 11 is 5.93. The van der Waals surface area contributed by atoms with Crippen LogP contribution in [0.4, 0.5) is 4.39 Å². The number of benzene rings is 2. The number of halogens is 2. The Morgan fingerprint density at radius 2 is 1.73 bits per heavy atom. The fourth-order valence-corrected chi connectivity index (χ4v) is 2.89. The summed E-state index contributed by atoms with van der Waals surface area (Å²) in [5.74, 6) is -1.13. The van der Waals surface area contributed by atoms with Gasteiger partial charge in [-0.05, 0) is 48.7 Å². The van der Waals surface area contributed by atoms with Crippen molar-refractivity contribution < 1.29 is 70.8 Å². The van der Waals surface area contributed by atoms with Gasteiger partial charge in [0.05, 0.1) is 12.0 Å². The van der Waals surface area contributed by atoms with Gasteiger partial charge in [-0.2, -0.15) is 0 Å². The molecule has 0 aliphatic carbocycles. The Bertz CT molecular complexity index is 667. The molecule has 2 aromatic rings. The Morgan fingerprint density at radius 1 is 1.15 bits per heavy atom. The zero-order valence-corrected chi connectivity index (χ0v) is 18.9. The molecular formula is C19H23ClFKNO3+. The molecule has 0 saturated carbocycles. The van der Waals surface area contributed by atoms with Crippen LogP contribution in [0.25, 0.3) is 5.73 Å². The molecule has 0 radical (unpaired) electrons. The maximum atomic E-state index is 13.3. The molecule has 0 saturated heterocycles. The van der Waals surface area contributed by atoms with Gasteiger partial charge >= 0.3 is 51.4 Å². The van der Waals surface area contributed by atoms with Crippen molar-refractivity contribution in [2.75, 3.05) is 6.61 Å². The number of rotatable bonds is 8. The first-order valence-electron chi connectivity index (χ1n) is 7.85. The van der Waals surface area contributed by atoms with E-state index in [1.165, 1.54) is 12.1 Å². The van der Waals surface area contributed by atoms with Gasteiger partial charge in [-0.1, -0.05) is 35.9 Å². The quantitative estimate of drug-likeness (QED) is 0.488. The normalized spacial score (nSPS) is 12.4. The standard InChI is InChI=1S/C19H21ClFNO2.K.H2O/c1-2-24-18(12-19(22)23)17(14-5-9-16(21)10-6-14)11-13-3-7-15(20)8-4-13;;/h3-10,17-18H,2,11-12H2,1H3,(H2,22,23);;1H2/q;+1;/t17-,18-;;/m1../s1. The van der Waals surface area contributed by atoms with Crippen molar-refractivity contribution in [3.63, 3.8) is 0 Å². The van der Waals surface area contributed by atoms with Crippen LogP contribution >= 0.6 is 11.6 Å². The predicted octanol–water partition coefficient (Wildman–Crippen LogP) is 1.26. The van der Waals surface area contributed by atoms with Crippen molar-refractivity contribution in [2.24, 2.45) is 0 Å². The molecule has 2 rings (SSSR count). The molecule has 0 fully saturated rings. The third-order valence-electron chi connectivity index (χ3n) is 3.88. The van der Waals surface area contributed by atoms with E-state index in [0.717, 1.165) is 11.1 Å². The molecule has 0 spiro atoms. The second kappa shape index (κ2) is 13.0. The van der Waals surface area contributed by atoms with Crippen LogP contribution < -0.4 is 51.4 Å². The van der Waals surface area contributed by atoms with Gasteiger partial charge in [0.2, 0.25) is 0 Å². The Morgan fingerprint density at radius 3 is 2.23 bits per heavy atom. The number of carbonyl (C=O) groups excluding carboxylic acids is 1. The first-order chi connectivity index (χ1) is 11.5. The van der Waals surface area contributed by atoms with Crippen molar-refractivity contribution in [1.82, 2.24) is 0 Å². The minimum Gasteiger partial charge on any atom is -0.668 e. The summed E-state index contributed by atoms with van der Waals surface area (Å²) < 4.78 is 19.0. The van der Waals surface area contributed by atoms with Crippen LogP contribution in [0.2, 0.25) is 5.02 Å². The van der Waals surface area contributed by atoms with E-state index in [-0.39, 0.29) is 75.0 Å². The smallest absolute Gasteiger partial charge is 0.668 e. The fourth-order valence-electron chi connectivity index (χ4n) is 2.76. The molecule has 0 bridgehead atoms. The summed E-state index contributed by atoms with van der Waals surface area (Å²) in [5, 5.41) is 0.653. The van der Waals surface area contributed by atoms with Crippen LogP contribution in [-0.2, 0) is 21.4 Å². The summed E-state index contributed by atoms with van der Waals surface area (Å²) in [5.41, 5.74) is 9.21. The number of ether oxygens (including phenoxy) is 1. The molecule has 0 unspecified atom stereocenters. The van der Waals surface area contributed by atoms with Crippen LogP contribution in [0, 0.1) is 5.82 Å². The second-order valence-corrected chi connectivity index (χ2v) is 6.05. The Hall–Kier alpha value is -0.314. The van der Waals surface area contributed by atoms with Gasteiger partial charge in [0.15, 0.2) is 0 Å². The molecule has 1 amide bonds. The summed E-state index contributed by atoms with van der Waals surface area (Å²) in [6.45, 7) is 2.29. The first-order valence-corrected chi connectivity index (χ1v) is 8.23. The molecule has 0 aromatic heterocycles. The second-order valence-electron chi connectivity index (χ2n) is 5.61. The maximum Gasteiger partial charge on any atom is 1.00 e. The van der Waals surface area contributed by atoms with E-state index in [1.54, 1.807) is 12.1 Å². The van der Waals surface area contributed by atoms with Crippen LogP contribution in [0.5, 0.6) is 0 Å². The van der Waals surface area contributed by atoms with Crippen molar-refractivity contribution in [1.29, 1.82) is 0 Å². The topological polar surface area (TPSA) is 83.1 Å². The summed E-state index contributed by atoms with van der Waals surface area (Å²) in [4.78, 5) is 11.3. The van der Waals surface area contributed by atoms with Gasteiger partial charge in [-0.15, -0.1) is 0 Å². The van der Waals surface area contributed by atoms with Gasteiger partial charge in [0.25, 0.3) is 0 Å². The molecule has 7 heteroatoms. The fraction of sp³-hybridized carbons (Fsp3) is 0.316. The molecular weight excluding hydrogens is 384 g/mol. The molecule has 4 nitrogen and oxygen atoms in total. The Kier molecular flexibility index (Phi) is 12.8. The zero-order chi connectivity index (χ0) is 17.5. The molecule has 2 aromatic carbocycles. The minimum absolute atomic E-state index is 0. The number of amides is 1. The molecule has 0 aliphatic rings. The third kappa shape index (κ3) is 8.15. The summed E-state index contributed by atoms with van der Waals surface area (Å²) in [7, 11) is 0. The number of carbonyl (C=O) groups is 1. The van der Waals surface area contributed by atoms with Gasteiger partial charge in [-0.25, -0.2) is 4.39 Å². The third-order valence-corrected chi connectivity index (χ3v) is 4.14. The number of hydrogen-bond donors (Lipinski definition) is 0. The van der Waals surface area contributed by atoms with Crippen LogP contribution in [0.15, 0.2) is 48.5 Å².